The van der Waals surface area contributed by atoms with Crippen LogP contribution >= 0.6 is 22.9 Å². The third kappa shape index (κ3) is 3.60. The number of nitrogens with one attached hydrogen (secondary N) is 1. The maximum Gasteiger partial charge on any atom is 0.123 e. The van der Waals surface area contributed by atoms with Gasteiger partial charge in [-0.15, -0.1) is 11.3 Å². The quantitative estimate of drug-likeness (QED) is 0.871. The van der Waals surface area contributed by atoms with E-state index in [9.17, 15) is 0 Å². The molecule has 2 nitrogen and oxygen atoms in total. The summed E-state index contributed by atoms with van der Waals surface area (Å²) >= 11 is 7.72. The molecule has 0 fully saturated rings. The highest BCUT2D eigenvalue weighted by atomic mass is 35.5. The molecule has 0 atom stereocenters. The Balaban J connectivity index is 2.40. The molecule has 108 valence electrons. The molecule has 0 amide bonds. The van der Waals surface area contributed by atoms with Gasteiger partial charge in [-0.1, -0.05) is 51.4 Å². The van der Waals surface area contributed by atoms with E-state index in [1.807, 2.05) is 24.3 Å². The topological polar surface area (TPSA) is 24.9 Å². The summed E-state index contributed by atoms with van der Waals surface area (Å²) in [5.41, 5.74) is 2.38. The predicted molar refractivity (Wildman–Crippen MR) is 88.6 cm³/mol. The number of benzene rings is 1. The van der Waals surface area contributed by atoms with Gasteiger partial charge in [0.2, 0.25) is 0 Å². The van der Waals surface area contributed by atoms with E-state index in [2.05, 4.69) is 33.0 Å². The summed E-state index contributed by atoms with van der Waals surface area (Å²) in [6, 6.07) is 7.90. The van der Waals surface area contributed by atoms with E-state index in [0.717, 1.165) is 28.7 Å². The summed E-state index contributed by atoms with van der Waals surface area (Å²) in [5.74, 6) is 0. The molecule has 0 spiro atoms. The van der Waals surface area contributed by atoms with Gasteiger partial charge < -0.3 is 5.32 Å². The Hall–Kier alpha value is -0.900. The Morgan fingerprint density at radius 2 is 1.85 bits per heavy atom. The number of rotatable bonds is 4. The van der Waals surface area contributed by atoms with E-state index >= 15 is 0 Å². The lowest BCUT2D eigenvalue weighted by atomic mass is 9.91. The zero-order valence-corrected chi connectivity index (χ0v) is 14.0. The van der Waals surface area contributed by atoms with Crippen LogP contribution in [-0.2, 0) is 12.0 Å². The van der Waals surface area contributed by atoms with Crippen LogP contribution in [0.15, 0.2) is 24.3 Å². The Morgan fingerprint density at radius 1 is 1.20 bits per heavy atom. The van der Waals surface area contributed by atoms with Gasteiger partial charge in [0.25, 0.3) is 0 Å². The van der Waals surface area contributed by atoms with Gasteiger partial charge in [0.15, 0.2) is 0 Å². The fourth-order valence-electron chi connectivity index (χ4n) is 2.01. The van der Waals surface area contributed by atoms with Crippen molar-refractivity contribution in [3.8, 4) is 10.6 Å². The third-order valence-corrected chi connectivity index (χ3v) is 4.39. The fraction of sp³-hybridized carbons (Fsp3) is 0.438. The molecule has 1 aromatic carbocycles. The normalized spacial score (nSPS) is 11.8. The van der Waals surface area contributed by atoms with Crippen molar-refractivity contribution >= 4 is 22.9 Å². The summed E-state index contributed by atoms with van der Waals surface area (Å²) < 4.78 is 0. The molecular weight excluding hydrogens is 288 g/mol. The SMILES string of the molecule is CCNCc1sc(-c2ccc(Cl)cc2)nc1C(C)(C)C. The molecule has 0 radical (unpaired) electrons. The molecule has 2 aromatic rings. The van der Waals surface area contributed by atoms with E-state index in [1.165, 1.54) is 10.6 Å². The van der Waals surface area contributed by atoms with E-state index in [4.69, 9.17) is 16.6 Å². The number of aromatic nitrogens is 1. The van der Waals surface area contributed by atoms with Gasteiger partial charge in [-0.05, 0) is 18.7 Å². The van der Waals surface area contributed by atoms with Gasteiger partial charge in [0, 0.05) is 27.4 Å². The molecule has 0 unspecified atom stereocenters. The first kappa shape index (κ1) is 15.5. The molecule has 1 N–H and O–H groups in total. The number of hydrogen-bond acceptors (Lipinski definition) is 3. The van der Waals surface area contributed by atoms with Gasteiger partial charge in [-0.2, -0.15) is 0 Å². The van der Waals surface area contributed by atoms with Crippen molar-refractivity contribution in [1.82, 2.24) is 10.3 Å². The van der Waals surface area contributed by atoms with Crippen LogP contribution in [0.25, 0.3) is 10.6 Å². The highest BCUT2D eigenvalue weighted by molar-refractivity contribution is 7.15. The molecule has 0 aliphatic heterocycles. The zero-order chi connectivity index (χ0) is 14.8. The van der Waals surface area contributed by atoms with Crippen LogP contribution in [0.3, 0.4) is 0 Å². The largest absolute Gasteiger partial charge is 0.312 e. The molecule has 0 aliphatic carbocycles. The van der Waals surface area contributed by atoms with Crippen LogP contribution in [0.4, 0.5) is 0 Å². The predicted octanol–water partition coefficient (Wildman–Crippen LogP) is 4.87. The average molecular weight is 309 g/mol. The molecule has 0 saturated heterocycles. The van der Waals surface area contributed by atoms with Crippen LogP contribution in [-0.4, -0.2) is 11.5 Å². The average Bonchev–Trinajstić information content (AvgIpc) is 2.81. The Morgan fingerprint density at radius 3 is 2.40 bits per heavy atom. The summed E-state index contributed by atoms with van der Waals surface area (Å²) in [5, 5.41) is 5.23. The summed E-state index contributed by atoms with van der Waals surface area (Å²) in [6.07, 6.45) is 0. The third-order valence-electron chi connectivity index (χ3n) is 3.03. The zero-order valence-electron chi connectivity index (χ0n) is 12.5. The number of nitrogens with zero attached hydrogens (tertiary/aromatic N) is 1. The highest BCUT2D eigenvalue weighted by Gasteiger charge is 2.23. The second-order valence-electron chi connectivity index (χ2n) is 5.83. The molecule has 0 saturated carbocycles. The fourth-order valence-corrected chi connectivity index (χ4v) is 3.38. The molecule has 20 heavy (non-hydrogen) atoms. The first-order valence-electron chi connectivity index (χ1n) is 6.88. The maximum absolute atomic E-state index is 5.95. The maximum atomic E-state index is 5.95. The van der Waals surface area contributed by atoms with Crippen molar-refractivity contribution in [1.29, 1.82) is 0 Å². The Kier molecular flexibility index (Phi) is 4.84. The van der Waals surface area contributed by atoms with Crippen LogP contribution in [0.5, 0.6) is 0 Å². The number of thiazole rings is 1. The van der Waals surface area contributed by atoms with Crippen molar-refractivity contribution < 1.29 is 0 Å². The van der Waals surface area contributed by atoms with Crippen LogP contribution < -0.4 is 5.32 Å². The summed E-state index contributed by atoms with van der Waals surface area (Å²) in [4.78, 5) is 6.19. The van der Waals surface area contributed by atoms with Crippen molar-refractivity contribution in [2.24, 2.45) is 0 Å². The lowest BCUT2D eigenvalue weighted by Gasteiger charge is -2.17. The molecule has 2 rings (SSSR count). The lowest BCUT2D eigenvalue weighted by Crippen LogP contribution is -2.18. The molecule has 4 heteroatoms. The van der Waals surface area contributed by atoms with Crippen LogP contribution in [0, 0.1) is 0 Å². The Bertz CT molecular complexity index is 567. The van der Waals surface area contributed by atoms with Crippen LogP contribution in [0.2, 0.25) is 5.02 Å². The number of halogens is 1. The van der Waals surface area contributed by atoms with E-state index in [-0.39, 0.29) is 5.41 Å². The van der Waals surface area contributed by atoms with E-state index in [0.29, 0.717) is 0 Å². The van der Waals surface area contributed by atoms with Gasteiger partial charge in [0.05, 0.1) is 5.69 Å². The minimum absolute atomic E-state index is 0.0614. The molecule has 1 aromatic heterocycles. The van der Waals surface area contributed by atoms with Crippen molar-refractivity contribution in [3.63, 3.8) is 0 Å². The first-order chi connectivity index (χ1) is 9.41. The first-order valence-corrected chi connectivity index (χ1v) is 8.08. The van der Waals surface area contributed by atoms with Crippen molar-refractivity contribution in [3.05, 3.63) is 39.9 Å². The van der Waals surface area contributed by atoms with Crippen LogP contribution in [0.1, 0.15) is 38.3 Å². The second-order valence-corrected chi connectivity index (χ2v) is 7.35. The van der Waals surface area contributed by atoms with Gasteiger partial charge in [0.1, 0.15) is 5.01 Å². The smallest absolute Gasteiger partial charge is 0.123 e. The van der Waals surface area contributed by atoms with E-state index < -0.39 is 0 Å². The summed E-state index contributed by atoms with van der Waals surface area (Å²) in [6.45, 7) is 10.6. The van der Waals surface area contributed by atoms with E-state index in [1.54, 1.807) is 11.3 Å². The highest BCUT2D eigenvalue weighted by Crippen LogP contribution is 2.34. The van der Waals surface area contributed by atoms with Gasteiger partial charge >= 0.3 is 0 Å². The van der Waals surface area contributed by atoms with Crippen molar-refractivity contribution in [2.75, 3.05) is 6.54 Å². The van der Waals surface area contributed by atoms with Gasteiger partial charge in [-0.25, -0.2) is 4.98 Å². The lowest BCUT2D eigenvalue weighted by molar-refractivity contribution is 0.561. The molecular formula is C16H21ClN2S. The summed E-state index contributed by atoms with van der Waals surface area (Å²) in [7, 11) is 0. The van der Waals surface area contributed by atoms with Gasteiger partial charge in [-0.3, -0.25) is 0 Å². The minimum atomic E-state index is 0.0614. The second kappa shape index (κ2) is 6.25. The number of hydrogen-bond donors (Lipinski definition) is 1. The molecule has 1 heterocycles. The molecule has 0 aliphatic rings. The molecule has 0 bridgehead atoms. The monoisotopic (exact) mass is 308 g/mol. The minimum Gasteiger partial charge on any atom is -0.312 e. The standard InChI is InChI=1S/C16H21ClN2S/c1-5-18-10-13-14(16(2,3)4)19-15(20-13)11-6-8-12(17)9-7-11/h6-9,18H,5,10H2,1-4H3. The van der Waals surface area contributed by atoms with Crippen molar-refractivity contribution in [2.45, 2.75) is 39.7 Å². The Labute approximate surface area is 130 Å².